The molecule has 0 radical (unpaired) electrons. The molecule has 0 aliphatic rings. The third-order valence-corrected chi connectivity index (χ3v) is 2.79. The highest BCUT2D eigenvalue weighted by Crippen LogP contribution is 2.14. The van der Waals surface area contributed by atoms with Gasteiger partial charge in [0.2, 0.25) is 0 Å². The molecule has 112 valence electrons. The summed E-state index contributed by atoms with van der Waals surface area (Å²) in [4.78, 5) is 15.3. The summed E-state index contributed by atoms with van der Waals surface area (Å²) in [5.41, 5.74) is 1.69. The number of rotatable bonds is 5. The first-order valence-corrected chi connectivity index (χ1v) is 6.60. The predicted molar refractivity (Wildman–Crippen MR) is 78.2 cm³/mol. The van der Waals surface area contributed by atoms with E-state index in [9.17, 15) is 4.79 Å². The van der Waals surface area contributed by atoms with E-state index in [-0.39, 0.29) is 5.92 Å². The molecular formula is C14H18N4O3. The van der Waals surface area contributed by atoms with Crippen LogP contribution in [0.4, 0.5) is 16.5 Å². The van der Waals surface area contributed by atoms with Gasteiger partial charge in [-0.05, 0) is 17.7 Å². The minimum Gasteiger partial charge on any atom is -0.453 e. The summed E-state index contributed by atoms with van der Waals surface area (Å²) >= 11 is 0. The van der Waals surface area contributed by atoms with Crippen molar-refractivity contribution in [2.75, 3.05) is 17.7 Å². The Kier molecular flexibility index (Phi) is 4.76. The van der Waals surface area contributed by atoms with Crippen molar-refractivity contribution in [2.45, 2.75) is 26.3 Å². The number of methoxy groups -OCH3 is 1. The molecule has 21 heavy (non-hydrogen) atoms. The smallest absolute Gasteiger partial charge is 0.411 e. The first-order chi connectivity index (χ1) is 10.1. The summed E-state index contributed by atoms with van der Waals surface area (Å²) < 4.78 is 9.61. The van der Waals surface area contributed by atoms with Crippen LogP contribution in [0.3, 0.4) is 0 Å². The zero-order chi connectivity index (χ0) is 15.2. The van der Waals surface area contributed by atoms with Gasteiger partial charge in [-0.2, -0.15) is 4.98 Å². The van der Waals surface area contributed by atoms with E-state index < -0.39 is 6.09 Å². The Morgan fingerprint density at radius 1 is 1.33 bits per heavy atom. The monoisotopic (exact) mass is 290 g/mol. The van der Waals surface area contributed by atoms with Gasteiger partial charge in [0.05, 0.1) is 7.11 Å². The maximum absolute atomic E-state index is 11.1. The molecule has 0 aliphatic heterocycles. The van der Waals surface area contributed by atoms with Crippen LogP contribution in [0.25, 0.3) is 0 Å². The van der Waals surface area contributed by atoms with Crippen LogP contribution in [0, 0.1) is 0 Å². The van der Waals surface area contributed by atoms with E-state index in [0.29, 0.717) is 24.1 Å². The van der Waals surface area contributed by atoms with E-state index in [1.54, 1.807) is 12.1 Å². The van der Waals surface area contributed by atoms with Crippen molar-refractivity contribution >= 4 is 17.8 Å². The third-order valence-electron chi connectivity index (χ3n) is 2.79. The summed E-state index contributed by atoms with van der Waals surface area (Å²) in [6.07, 6.45) is -0.493. The summed E-state index contributed by atoms with van der Waals surface area (Å²) in [5.74, 6) is 0.906. The highest BCUT2D eigenvalue weighted by atomic mass is 16.5. The standard InChI is InChI=1S/C14H18N4O3/c1-9(2)12-17-13(21-18-12)15-8-10-4-6-11(7-5-10)16-14(19)20-3/h4-7,9H,8H2,1-3H3,(H,16,19)(H,15,17,18). The topological polar surface area (TPSA) is 89.3 Å². The average molecular weight is 290 g/mol. The zero-order valence-corrected chi connectivity index (χ0v) is 12.2. The van der Waals surface area contributed by atoms with Gasteiger partial charge in [-0.15, -0.1) is 0 Å². The van der Waals surface area contributed by atoms with Crippen molar-refractivity contribution in [1.29, 1.82) is 0 Å². The van der Waals surface area contributed by atoms with E-state index in [4.69, 9.17) is 4.52 Å². The number of hydrogen-bond acceptors (Lipinski definition) is 6. The van der Waals surface area contributed by atoms with E-state index in [1.807, 2.05) is 26.0 Å². The van der Waals surface area contributed by atoms with E-state index in [0.717, 1.165) is 5.56 Å². The second kappa shape index (κ2) is 6.74. The minimum absolute atomic E-state index is 0.230. The lowest BCUT2D eigenvalue weighted by Crippen LogP contribution is -2.10. The summed E-state index contributed by atoms with van der Waals surface area (Å²) in [5, 5.41) is 9.52. The number of benzene rings is 1. The number of ether oxygens (including phenoxy) is 1. The highest BCUT2D eigenvalue weighted by Gasteiger charge is 2.09. The molecule has 0 bridgehead atoms. The van der Waals surface area contributed by atoms with Gasteiger partial charge in [0, 0.05) is 18.2 Å². The lowest BCUT2D eigenvalue weighted by Gasteiger charge is -2.05. The number of hydrogen-bond donors (Lipinski definition) is 2. The van der Waals surface area contributed by atoms with E-state index >= 15 is 0 Å². The largest absolute Gasteiger partial charge is 0.453 e. The molecule has 0 unspecified atom stereocenters. The maximum atomic E-state index is 11.1. The maximum Gasteiger partial charge on any atom is 0.411 e. The van der Waals surface area contributed by atoms with Crippen LogP contribution < -0.4 is 10.6 Å². The number of amides is 1. The Hall–Kier alpha value is -2.57. The van der Waals surface area contributed by atoms with Crippen molar-refractivity contribution < 1.29 is 14.1 Å². The van der Waals surface area contributed by atoms with Gasteiger partial charge in [-0.1, -0.05) is 31.1 Å². The molecular weight excluding hydrogens is 272 g/mol. The molecule has 2 aromatic rings. The van der Waals surface area contributed by atoms with Crippen LogP contribution >= 0.6 is 0 Å². The molecule has 0 saturated carbocycles. The van der Waals surface area contributed by atoms with Gasteiger partial charge in [0.15, 0.2) is 5.82 Å². The highest BCUT2D eigenvalue weighted by molar-refractivity contribution is 5.84. The van der Waals surface area contributed by atoms with Crippen molar-refractivity contribution in [3.63, 3.8) is 0 Å². The van der Waals surface area contributed by atoms with Gasteiger partial charge in [-0.25, -0.2) is 4.79 Å². The molecule has 1 aromatic heterocycles. The Morgan fingerprint density at radius 2 is 2.05 bits per heavy atom. The lowest BCUT2D eigenvalue weighted by molar-refractivity contribution is 0.187. The quantitative estimate of drug-likeness (QED) is 0.880. The SMILES string of the molecule is COC(=O)Nc1ccc(CNc2nc(C(C)C)no2)cc1. The molecule has 1 aromatic carbocycles. The predicted octanol–water partition coefficient (Wildman–Crippen LogP) is 2.98. The Balaban J connectivity index is 1.89. The molecule has 1 heterocycles. The molecule has 2 N–H and O–H groups in total. The fourth-order valence-electron chi connectivity index (χ4n) is 1.59. The van der Waals surface area contributed by atoms with Crippen LogP contribution in [-0.2, 0) is 11.3 Å². The van der Waals surface area contributed by atoms with Gasteiger partial charge >= 0.3 is 12.1 Å². The van der Waals surface area contributed by atoms with Gasteiger partial charge < -0.3 is 14.6 Å². The van der Waals surface area contributed by atoms with Crippen LogP contribution in [-0.4, -0.2) is 23.3 Å². The number of carbonyl (C=O) groups excluding carboxylic acids is 1. The van der Waals surface area contributed by atoms with Gasteiger partial charge in [0.1, 0.15) is 0 Å². The Morgan fingerprint density at radius 3 is 2.62 bits per heavy atom. The number of carbonyl (C=O) groups is 1. The van der Waals surface area contributed by atoms with Crippen molar-refractivity contribution in [1.82, 2.24) is 10.1 Å². The van der Waals surface area contributed by atoms with Gasteiger partial charge in [0.25, 0.3) is 0 Å². The molecule has 0 atom stereocenters. The Labute approximate surface area is 122 Å². The number of aromatic nitrogens is 2. The van der Waals surface area contributed by atoms with Crippen LogP contribution in [0.1, 0.15) is 31.2 Å². The first kappa shape index (κ1) is 14.8. The molecule has 1 amide bonds. The minimum atomic E-state index is -0.493. The fraction of sp³-hybridized carbons (Fsp3) is 0.357. The molecule has 7 nitrogen and oxygen atoms in total. The van der Waals surface area contributed by atoms with Crippen LogP contribution in [0.2, 0.25) is 0 Å². The Bertz CT molecular complexity index is 593. The van der Waals surface area contributed by atoms with E-state index in [2.05, 4.69) is 25.5 Å². The van der Waals surface area contributed by atoms with Crippen molar-refractivity contribution in [2.24, 2.45) is 0 Å². The number of nitrogens with zero attached hydrogens (tertiary/aromatic N) is 2. The molecule has 0 fully saturated rings. The van der Waals surface area contributed by atoms with Crippen molar-refractivity contribution in [3.05, 3.63) is 35.7 Å². The van der Waals surface area contributed by atoms with Crippen molar-refractivity contribution in [3.8, 4) is 0 Å². The third kappa shape index (κ3) is 4.20. The second-order valence-electron chi connectivity index (χ2n) is 4.78. The summed E-state index contributed by atoms with van der Waals surface area (Å²) in [6, 6.07) is 7.76. The summed E-state index contributed by atoms with van der Waals surface area (Å²) in [7, 11) is 1.32. The molecule has 0 aliphatic carbocycles. The fourth-order valence-corrected chi connectivity index (χ4v) is 1.59. The average Bonchev–Trinajstić information content (AvgIpc) is 2.95. The number of nitrogens with one attached hydrogen (secondary N) is 2. The second-order valence-corrected chi connectivity index (χ2v) is 4.78. The zero-order valence-electron chi connectivity index (χ0n) is 12.2. The first-order valence-electron chi connectivity index (χ1n) is 6.60. The lowest BCUT2D eigenvalue weighted by atomic mass is 10.2. The normalized spacial score (nSPS) is 10.5. The van der Waals surface area contributed by atoms with Crippen LogP contribution in [0.15, 0.2) is 28.8 Å². The summed E-state index contributed by atoms with van der Waals surface area (Å²) in [6.45, 7) is 4.56. The van der Waals surface area contributed by atoms with Crippen LogP contribution in [0.5, 0.6) is 0 Å². The van der Waals surface area contributed by atoms with E-state index in [1.165, 1.54) is 7.11 Å². The molecule has 0 spiro atoms. The number of anilines is 2. The molecule has 2 rings (SSSR count). The molecule has 0 saturated heterocycles. The molecule has 7 heteroatoms. The van der Waals surface area contributed by atoms with Gasteiger partial charge in [-0.3, -0.25) is 5.32 Å².